The third-order valence-electron chi connectivity index (χ3n) is 5.33. The van der Waals surface area contributed by atoms with Crippen molar-refractivity contribution in [3.05, 3.63) is 71.8 Å². The molecule has 0 aliphatic heterocycles. The van der Waals surface area contributed by atoms with Gasteiger partial charge in [0.1, 0.15) is 0 Å². The fourth-order valence-corrected chi connectivity index (χ4v) is 34.0. The van der Waals surface area contributed by atoms with Gasteiger partial charge in [0, 0.05) is 0 Å². The van der Waals surface area contributed by atoms with Crippen molar-refractivity contribution in [1.29, 1.82) is 0 Å². The van der Waals surface area contributed by atoms with E-state index < -0.39 is 45.0 Å². The van der Waals surface area contributed by atoms with Crippen molar-refractivity contribution in [1.82, 2.24) is 0 Å². The van der Waals surface area contributed by atoms with Crippen LogP contribution < -0.4 is 0 Å². The third-order valence-corrected chi connectivity index (χ3v) is 31.5. The van der Waals surface area contributed by atoms with Gasteiger partial charge in [-0.2, -0.15) is 0 Å². The summed E-state index contributed by atoms with van der Waals surface area (Å²) in [5, 5.41) is 0. The Morgan fingerprint density at radius 2 is 1.36 bits per heavy atom. The van der Waals surface area contributed by atoms with Crippen molar-refractivity contribution in [2.45, 2.75) is 70.8 Å². The molecule has 2 aromatic carbocycles. The van der Waals surface area contributed by atoms with Crippen LogP contribution >= 0.6 is 0 Å². The van der Waals surface area contributed by atoms with Crippen LogP contribution in [0.1, 0.15) is 57.6 Å². The summed E-state index contributed by atoms with van der Waals surface area (Å²) in [6.45, 7) is 6.78. The second-order valence-electron chi connectivity index (χ2n) is 8.01. The molecular formula is C24H37O2Sn2. The zero-order valence-electron chi connectivity index (χ0n) is 18.3. The van der Waals surface area contributed by atoms with Gasteiger partial charge in [-0.15, -0.1) is 0 Å². The van der Waals surface area contributed by atoms with Crippen LogP contribution in [0, 0.1) is 0 Å². The zero-order chi connectivity index (χ0) is 20.5. The second kappa shape index (κ2) is 12.0. The second-order valence-corrected chi connectivity index (χ2v) is 26.4. The molecule has 28 heavy (non-hydrogen) atoms. The third kappa shape index (κ3) is 7.03. The SMILES string of the molecule is CCC[CH2][Sn]([CH3])[O][Sn]([CH3])([CH2]CCC)[O]C(C)(c1ccccc1)c1ccccc1. The first kappa shape index (κ1) is 24.2. The molecule has 153 valence electrons. The molecule has 2 aromatic rings. The molecule has 0 heterocycles. The Morgan fingerprint density at radius 1 is 0.857 bits per heavy atom. The summed E-state index contributed by atoms with van der Waals surface area (Å²) in [4.78, 5) is 4.80. The molecule has 0 aromatic heterocycles. The topological polar surface area (TPSA) is 18.5 Å². The van der Waals surface area contributed by atoms with Gasteiger partial charge in [-0.1, -0.05) is 0 Å². The van der Waals surface area contributed by atoms with Gasteiger partial charge >= 0.3 is 186 Å². The molecule has 2 rings (SSSR count). The van der Waals surface area contributed by atoms with Crippen LogP contribution in [0.3, 0.4) is 0 Å². The Kier molecular flexibility index (Phi) is 10.4. The average molecular weight is 595 g/mol. The minimum atomic E-state index is -3.19. The summed E-state index contributed by atoms with van der Waals surface area (Å²) in [7, 11) is 0. The monoisotopic (exact) mass is 597 g/mol. The van der Waals surface area contributed by atoms with Crippen LogP contribution in [0.4, 0.5) is 0 Å². The van der Waals surface area contributed by atoms with Crippen LogP contribution in [-0.2, 0) is 10.1 Å². The molecule has 1 unspecified atom stereocenters. The molecule has 2 nitrogen and oxygen atoms in total. The van der Waals surface area contributed by atoms with E-state index in [9.17, 15) is 0 Å². The first-order chi connectivity index (χ1) is 13.4. The summed E-state index contributed by atoms with van der Waals surface area (Å²) in [5.74, 6) is 0. The van der Waals surface area contributed by atoms with Crippen molar-refractivity contribution in [3.8, 4) is 0 Å². The molecule has 1 radical (unpaired) electrons. The number of rotatable bonds is 12. The number of hydrogen-bond acceptors (Lipinski definition) is 2. The Balaban J connectivity index is 2.37. The van der Waals surface area contributed by atoms with Gasteiger partial charge in [-0.3, -0.25) is 0 Å². The Bertz CT molecular complexity index is 638. The average Bonchev–Trinajstić information content (AvgIpc) is 2.72. The van der Waals surface area contributed by atoms with Gasteiger partial charge < -0.3 is 0 Å². The first-order valence-corrected chi connectivity index (χ1v) is 24.0. The fraction of sp³-hybridized carbons (Fsp3) is 0.500. The summed E-state index contributed by atoms with van der Waals surface area (Å²) in [5.41, 5.74) is 1.99. The van der Waals surface area contributed by atoms with E-state index in [2.05, 4.69) is 91.3 Å². The summed E-state index contributed by atoms with van der Waals surface area (Å²) >= 11 is -5.00. The molecule has 0 amide bonds. The van der Waals surface area contributed by atoms with Gasteiger partial charge in [-0.05, 0) is 0 Å². The summed E-state index contributed by atoms with van der Waals surface area (Å²) < 4.78 is 16.6. The molecule has 0 spiro atoms. The van der Waals surface area contributed by atoms with Crippen molar-refractivity contribution in [2.24, 2.45) is 0 Å². The molecular weight excluding hydrogens is 558 g/mol. The Hall–Kier alpha value is -0.0426. The number of benzene rings is 2. The molecule has 0 bridgehead atoms. The predicted molar refractivity (Wildman–Crippen MR) is 124 cm³/mol. The molecule has 0 N–H and O–H groups in total. The van der Waals surface area contributed by atoms with Crippen LogP contribution in [-0.4, -0.2) is 39.4 Å². The van der Waals surface area contributed by atoms with Crippen molar-refractivity contribution in [3.63, 3.8) is 0 Å². The minimum absolute atomic E-state index is 0.449. The van der Waals surface area contributed by atoms with E-state index >= 15 is 0 Å². The van der Waals surface area contributed by atoms with Gasteiger partial charge in [0.25, 0.3) is 0 Å². The standard InChI is InChI=1S/C14H13O.2C4H9.2CH3.O.2Sn/c1-14(15,12-8-4-2-5-9-12)13-10-6-3-7-11-13;2*1-3-4-2;;;;;/h2-11H,1H3;2*1,3-4H2,2H3;2*1H3;;;/q-1;;;;;;;+1. The van der Waals surface area contributed by atoms with E-state index in [0.29, 0.717) is 0 Å². The van der Waals surface area contributed by atoms with Gasteiger partial charge in [0.2, 0.25) is 0 Å². The van der Waals surface area contributed by atoms with Gasteiger partial charge in [-0.25, -0.2) is 0 Å². The molecule has 0 saturated carbocycles. The quantitative estimate of drug-likeness (QED) is 0.241. The molecule has 0 fully saturated rings. The number of unbranched alkanes of at least 4 members (excludes halogenated alkanes) is 2. The van der Waals surface area contributed by atoms with Crippen LogP contribution in [0.2, 0.25) is 18.8 Å². The van der Waals surface area contributed by atoms with Crippen molar-refractivity contribution >= 4 is 39.4 Å². The Labute approximate surface area is 185 Å². The van der Waals surface area contributed by atoms with Crippen LogP contribution in [0.15, 0.2) is 60.7 Å². The van der Waals surface area contributed by atoms with E-state index in [1.165, 1.54) is 41.2 Å². The molecule has 0 aliphatic rings. The molecule has 1 atom stereocenters. The van der Waals surface area contributed by atoms with Crippen molar-refractivity contribution in [2.75, 3.05) is 0 Å². The number of hydrogen-bond donors (Lipinski definition) is 0. The summed E-state index contributed by atoms with van der Waals surface area (Å²) in [6, 6.07) is 21.4. The molecule has 0 saturated heterocycles. The van der Waals surface area contributed by atoms with E-state index in [0.717, 1.165) is 4.44 Å². The van der Waals surface area contributed by atoms with E-state index in [4.69, 9.17) is 4.49 Å². The van der Waals surface area contributed by atoms with Gasteiger partial charge in [0.05, 0.1) is 0 Å². The maximum atomic E-state index is 7.19. The zero-order valence-corrected chi connectivity index (χ0v) is 24.0. The van der Waals surface area contributed by atoms with Crippen LogP contribution in [0.5, 0.6) is 0 Å². The fourth-order valence-electron chi connectivity index (χ4n) is 3.69. The van der Waals surface area contributed by atoms with E-state index in [1.807, 2.05) is 0 Å². The van der Waals surface area contributed by atoms with Crippen LogP contribution in [0.25, 0.3) is 0 Å². The van der Waals surface area contributed by atoms with Crippen molar-refractivity contribution < 1.29 is 4.49 Å². The van der Waals surface area contributed by atoms with E-state index in [-0.39, 0.29) is 0 Å². The van der Waals surface area contributed by atoms with E-state index in [1.54, 1.807) is 0 Å². The maximum absolute atomic E-state index is 7.19. The molecule has 0 aliphatic carbocycles. The first-order valence-electron chi connectivity index (χ1n) is 10.8. The summed E-state index contributed by atoms with van der Waals surface area (Å²) in [6.07, 6.45) is 4.96. The van der Waals surface area contributed by atoms with Gasteiger partial charge in [0.15, 0.2) is 0 Å². The molecule has 4 heteroatoms. The normalized spacial score (nSPS) is 14.2. The Morgan fingerprint density at radius 3 is 1.82 bits per heavy atom. The predicted octanol–water partition coefficient (Wildman–Crippen LogP) is 7.28.